The van der Waals surface area contributed by atoms with Crippen LogP contribution < -0.4 is 19.5 Å². The molecule has 1 atom stereocenters. The molecule has 0 aromatic heterocycles. The number of nitrogens with one attached hydrogen (secondary N) is 1. The number of rotatable bonds is 11. The lowest BCUT2D eigenvalue weighted by molar-refractivity contribution is -0.142. The molecule has 7 nitrogen and oxygen atoms in total. The standard InChI is InChI=1S/C23H30N2O5/c1-5-13-24-23(27)17(2)25(15-18-7-6-8-21(14-18)29-4)22(26)16-30-20-11-9-19(28-3)10-12-20/h6-12,14,17H,5,13,15-16H2,1-4H3,(H,24,27)/t17-/m0/s1. The highest BCUT2D eigenvalue weighted by atomic mass is 16.5. The second-order valence-corrected chi connectivity index (χ2v) is 6.80. The van der Waals surface area contributed by atoms with Crippen molar-refractivity contribution in [2.24, 2.45) is 0 Å². The van der Waals surface area contributed by atoms with E-state index in [2.05, 4.69) is 5.32 Å². The van der Waals surface area contributed by atoms with Crippen molar-refractivity contribution in [3.05, 3.63) is 54.1 Å². The van der Waals surface area contributed by atoms with Crippen LogP contribution in [0.1, 0.15) is 25.8 Å². The van der Waals surface area contributed by atoms with Crippen LogP contribution in [0.4, 0.5) is 0 Å². The number of methoxy groups -OCH3 is 2. The molecule has 2 rings (SSSR count). The Bertz CT molecular complexity index is 823. The first-order chi connectivity index (χ1) is 14.5. The van der Waals surface area contributed by atoms with Crippen molar-refractivity contribution in [2.75, 3.05) is 27.4 Å². The molecule has 7 heteroatoms. The largest absolute Gasteiger partial charge is 0.497 e. The first-order valence-electron chi connectivity index (χ1n) is 9.95. The van der Waals surface area contributed by atoms with Gasteiger partial charge in [-0.1, -0.05) is 19.1 Å². The van der Waals surface area contributed by atoms with Gasteiger partial charge in [0.25, 0.3) is 5.91 Å². The molecule has 0 saturated carbocycles. The van der Waals surface area contributed by atoms with Crippen LogP contribution in [0.3, 0.4) is 0 Å². The number of amides is 2. The minimum Gasteiger partial charge on any atom is -0.497 e. The molecular formula is C23H30N2O5. The maximum Gasteiger partial charge on any atom is 0.261 e. The van der Waals surface area contributed by atoms with E-state index in [0.717, 1.165) is 12.0 Å². The molecule has 0 radical (unpaired) electrons. The van der Waals surface area contributed by atoms with Crippen LogP contribution in [0.15, 0.2) is 48.5 Å². The van der Waals surface area contributed by atoms with E-state index in [1.54, 1.807) is 45.4 Å². The van der Waals surface area contributed by atoms with Gasteiger partial charge in [0, 0.05) is 13.1 Å². The van der Waals surface area contributed by atoms with Crippen LogP contribution in [0.5, 0.6) is 17.2 Å². The molecule has 0 unspecified atom stereocenters. The average Bonchev–Trinajstić information content (AvgIpc) is 2.79. The molecule has 0 aliphatic heterocycles. The molecule has 0 spiro atoms. The monoisotopic (exact) mass is 414 g/mol. The molecule has 2 aromatic rings. The minimum absolute atomic E-state index is 0.179. The smallest absolute Gasteiger partial charge is 0.261 e. The van der Waals surface area contributed by atoms with Gasteiger partial charge >= 0.3 is 0 Å². The summed E-state index contributed by atoms with van der Waals surface area (Å²) in [6.45, 7) is 4.35. The van der Waals surface area contributed by atoms with Crippen molar-refractivity contribution in [3.63, 3.8) is 0 Å². The predicted octanol–water partition coefficient (Wildman–Crippen LogP) is 3.03. The summed E-state index contributed by atoms with van der Waals surface area (Å²) in [5, 5.41) is 2.85. The SMILES string of the molecule is CCCNC(=O)[C@H](C)N(Cc1cccc(OC)c1)C(=O)COc1ccc(OC)cc1. The van der Waals surface area contributed by atoms with Crippen LogP contribution in [0, 0.1) is 0 Å². The lowest BCUT2D eigenvalue weighted by atomic mass is 10.1. The van der Waals surface area contributed by atoms with Gasteiger partial charge < -0.3 is 24.4 Å². The zero-order chi connectivity index (χ0) is 21.9. The summed E-state index contributed by atoms with van der Waals surface area (Å²) in [7, 11) is 3.17. The molecule has 162 valence electrons. The van der Waals surface area contributed by atoms with Gasteiger partial charge in [-0.15, -0.1) is 0 Å². The summed E-state index contributed by atoms with van der Waals surface area (Å²) >= 11 is 0. The summed E-state index contributed by atoms with van der Waals surface area (Å²) in [4.78, 5) is 27.0. The molecule has 0 saturated heterocycles. The highest BCUT2D eigenvalue weighted by Crippen LogP contribution is 2.19. The van der Waals surface area contributed by atoms with Crippen LogP contribution in [0.25, 0.3) is 0 Å². The third-order valence-corrected chi connectivity index (χ3v) is 4.63. The van der Waals surface area contributed by atoms with Gasteiger partial charge in [0.05, 0.1) is 14.2 Å². The van der Waals surface area contributed by atoms with Gasteiger partial charge in [-0.3, -0.25) is 9.59 Å². The van der Waals surface area contributed by atoms with Gasteiger partial charge in [-0.05, 0) is 55.3 Å². The average molecular weight is 415 g/mol. The van der Waals surface area contributed by atoms with Gasteiger partial charge in [0.1, 0.15) is 23.3 Å². The van der Waals surface area contributed by atoms with Crippen molar-refractivity contribution in [3.8, 4) is 17.2 Å². The summed E-state index contributed by atoms with van der Waals surface area (Å²) in [5.74, 6) is 1.46. The van der Waals surface area contributed by atoms with Crippen molar-refractivity contribution in [2.45, 2.75) is 32.9 Å². The third-order valence-electron chi connectivity index (χ3n) is 4.63. The number of benzene rings is 2. The van der Waals surface area contributed by atoms with Crippen LogP contribution >= 0.6 is 0 Å². The zero-order valence-corrected chi connectivity index (χ0v) is 18.0. The normalized spacial score (nSPS) is 11.3. The molecule has 0 heterocycles. The topological polar surface area (TPSA) is 77.1 Å². The number of hydrogen-bond acceptors (Lipinski definition) is 5. The Kier molecular flexibility index (Phi) is 9.00. The van der Waals surface area contributed by atoms with E-state index in [9.17, 15) is 9.59 Å². The highest BCUT2D eigenvalue weighted by Gasteiger charge is 2.26. The number of ether oxygens (including phenoxy) is 3. The van der Waals surface area contributed by atoms with E-state index >= 15 is 0 Å². The van der Waals surface area contributed by atoms with Crippen LogP contribution in [-0.2, 0) is 16.1 Å². The molecule has 0 fully saturated rings. The van der Waals surface area contributed by atoms with Crippen LogP contribution in [-0.4, -0.2) is 50.1 Å². The van der Waals surface area contributed by atoms with E-state index in [1.165, 1.54) is 4.90 Å². The number of nitrogens with zero attached hydrogens (tertiary/aromatic N) is 1. The van der Waals surface area contributed by atoms with E-state index in [-0.39, 0.29) is 25.0 Å². The fourth-order valence-corrected chi connectivity index (χ4v) is 2.85. The quantitative estimate of drug-likeness (QED) is 0.612. The Balaban J connectivity index is 2.13. The predicted molar refractivity (Wildman–Crippen MR) is 115 cm³/mol. The summed E-state index contributed by atoms with van der Waals surface area (Å²) in [5.41, 5.74) is 0.863. The fraction of sp³-hybridized carbons (Fsp3) is 0.391. The summed E-state index contributed by atoms with van der Waals surface area (Å²) < 4.78 is 16.0. The fourth-order valence-electron chi connectivity index (χ4n) is 2.85. The number of carbonyl (C=O) groups excluding carboxylic acids is 2. The molecular weight excluding hydrogens is 384 g/mol. The van der Waals surface area contributed by atoms with Crippen molar-refractivity contribution >= 4 is 11.8 Å². The Hall–Kier alpha value is -3.22. The molecule has 30 heavy (non-hydrogen) atoms. The van der Waals surface area contributed by atoms with Crippen molar-refractivity contribution in [1.82, 2.24) is 10.2 Å². The summed E-state index contributed by atoms with van der Waals surface area (Å²) in [6, 6.07) is 13.8. The molecule has 0 aliphatic carbocycles. The molecule has 2 amide bonds. The van der Waals surface area contributed by atoms with Gasteiger partial charge in [0.2, 0.25) is 5.91 Å². The van der Waals surface area contributed by atoms with Crippen molar-refractivity contribution in [1.29, 1.82) is 0 Å². The Morgan fingerprint density at radius 3 is 2.30 bits per heavy atom. The lowest BCUT2D eigenvalue weighted by Crippen LogP contribution is -2.49. The Morgan fingerprint density at radius 2 is 1.67 bits per heavy atom. The molecule has 2 aromatic carbocycles. The summed E-state index contributed by atoms with van der Waals surface area (Å²) in [6.07, 6.45) is 0.822. The van der Waals surface area contributed by atoms with E-state index in [1.807, 2.05) is 31.2 Å². The molecule has 0 bridgehead atoms. The minimum atomic E-state index is -0.644. The number of hydrogen-bond donors (Lipinski definition) is 1. The zero-order valence-electron chi connectivity index (χ0n) is 18.0. The first-order valence-corrected chi connectivity index (χ1v) is 9.95. The highest BCUT2D eigenvalue weighted by molar-refractivity contribution is 5.87. The van der Waals surface area contributed by atoms with E-state index < -0.39 is 6.04 Å². The molecule has 0 aliphatic rings. The van der Waals surface area contributed by atoms with Gasteiger partial charge in [-0.2, -0.15) is 0 Å². The Morgan fingerprint density at radius 1 is 1.00 bits per heavy atom. The lowest BCUT2D eigenvalue weighted by Gasteiger charge is -2.28. The first kappa shape index (κ1) is 23.1. The van der Waals surface area contributed by atoms with Crippen molar-refractivity contribution < 1.29 is 23.8 Å². The maximum atomic E-state index is 13.0. The third kappa shape index (κ3) is 6.69. The van der Waals surface area contributed by atoms with E-state index in [4.69, 9.17) is 14.2 Å². The second-order valence-electron chi connectivity index (χ2n) is 6.80. The maximum absolute atomic E-state index is 13.0. The number of carbonyl (C=O) groups is 2. The second kappa shape index (κ2) is 11.7. The Labute approximate surface area is 177 Å². The van der Waals surface area contributed by atoms with E-state index in [0.29, 0.717) is 23.8 Å². The van der Waals surface area contributed by atoms with Gasteiger partial charge in [0.15, 0.2) is 6.61 Å². The molecule has 1 N–H and O–H groups in total. The van der Waals surface area contributed by atoms with Crippen LogP contribution in [0.2, 0.25) is 0 Å². The van der Waals surface area contributed by atoms with Gasteiger partial charge in [-0.25, -0.2) is 0 Å².